The zero-order valence-electron chi connectivity index (χ0n) is 9.02. The maximum absolute atomic E-state index is 3.67. The number of hydrogen-bond donors (Lipinski definition) is 1. The van der Waals surface area contributed by atoms with Gasteiger partial charge in [-0.1, -0.05) is 18.2 Å². The molecule has 0 aliphatic carbocycles. The molecule has 3 saturated heterocycles. The molecule has 80 valence electrons. The van der Waals surface area contributed by atoms with Crippen molar-refractivity contribution in [1.29, 1.82) is 0 Å². The fourth-order valence-electron chi connectivity index (χ4n) is 2.88. The van der Waals surface area contributed by atoms with Crippen molar-refractivity contribution in [1.82, 2.24) is 4.90 Å². The van der Waals surface area contributed by atoms with E-state index in [1.807, 2.05) is 0 Å². The summed E-state index contributed by atoms with van der Waals surface area (Å²) >= 11 is 0. The molecule has 15 heavy (non-hydrogen) atoms. The van der Waals surface area contributed by atoms with Gasteiger partial charge in [-0.25, -0.2) is 0 Å². The van der Waals surface area contributed by atoms with Crippen molar-refractivity contribution >= 4 is 5.69 Å². The molecular formula is C13H18N2. The van der Waals surface area contributed by atoms with Crippen LogP contribution < -0.4 is 5.32 Å². The van der Waals surface area contributed by atoms with Crippen LogP contribution in [0.1, 0.15) is 12.8 Å². The molecule has 0 radical (unpaired) electrons. The second kappa shape index (κ2) is 3.86. The molecule has 3 heterocycles. The lowest BCUT2D eigenvalue weighted by molar-refractivity contribution is 0.0975. The van der Waals surface area contributed by atoms with Gasteiger partial charge >= 0.3 is 0 Å². The zero-order chi connectivity index (χ0) is 10.1. The third-order valence-corrected chi connectivity index (χ3v) is 3.78. The number of nitrogens with zero attached hydrogens (tertiary/aromatic N) is 1. The van der Waals surface area contributed by atoms with E-state index in [1.54, 1.807) is 0 Å². The van der Waals surface area contributed by atoms with Crippen LogP contribution >= 0.6 is 0 Å². The standard InChI is InChI=1S/C13H18N2/c1-2-4-12(5-3-1)14-13-10-15-8-6-11(13)7-9-15/h1-5,11,13-14H,6-10H2/t13-/m0/s1. The van der Waals surface area contributed by atoms with E-state index in [0.29, 0.717) is 6.04 Å². The number of para-hydroxylation sites is 1. The van der Waals surface area contributed by atoms with Crippen LogP contribution in [0.2, 0.25) is 0 Å². The summed E-state index contributed by atoms with van der Waals surface area (Å²) in [6.45, 7) is 3.87. The van der Waals surface area contributed by atoms with Crippen molar-refractivity contribution in [3.05, 3.63) is 30.3 Å². The molecule has 1 N–H and O–H groups in total. The van der Waals surface area contributed by atoms with Gasteiger partial charge in [-0.2, -0.15) is 0 Å². The molecule has 0 amide bonds. The lowest BCUT2D eigenvalue weighted by atomic mass is 9.84. The summed E-state index contributed by atoms with van der Waals surface area (Å²) in [6.07, 6.45) is 2.76. The summed E-state index contributed by atoms with van der Waals surface area (Å²) in [5, 5.41) is 3.67. The van der Waals surface area contributed by atoms with Crippen LogP contribution in [0.15, 0.2) is 30.3 Å². The van der Waals surface area contributed by atoms with E-state index in [2.05, 4.69) is 40.5 Å². The van der Waals surface area contributed by atoms with Crippen molar-refractivity contribution < 1.29 is 0 Å². The van der Waals surface area contributed by atoms with Crippen LogP contribution in [0.3, 0.4) is 0 Å². The Bertz CT molecular complexity index is 315. The third-order valence-electron chi connectivity index (χ3n) is 3.78. The average Bonchev–Trinajstić information content (AvgIpc) is 2.32. The summed E-state index contributed by atoms with van der Waals surface area (Å²) in [4.78, 5) is 2.58. The van der Waals surface area contributed by atoms with E-state index in [9.17, 15) is 0 Å². The van der Waals surface area contributed by atoms with Gasteiger partial charge in [0, 0.05) is 18.3 Å². The quantitative estimate of drug-likeness (QED) is 0.791. The van der Waals surface area contributed by atoms with Gasteiger partial charge in [-0.05, 0) is 44.0 Å². The Kier molecular flexibility index (Phi) is 2.37. The maximum Gasteiger partial charge on any atom is 0.0417 e. The molecule has 2 heteroatoms. The molecule has 0 unspecified atom stereocenters. The highest BCUT2D eigenvalue weighted by Crippen LogP contribution is 2.29. The molecule has 3 aliphatic heterocycles. The molecular weight excluding hydrogens is 184 g/mol. The van der Waals surface area contributed by atoms with Gasteiger partial charge in [0.1, 0.15) is 0 Å². The lowest BCUT2D eigenvalue weighted by Crippen LogP contribution is -2.53. The summed E-state index contributed by atoms with van der Waals surface area (Å²) in [6, 6.07) is 11.3. The van der Waals surface area contributed by atoms with Crippen molar-refractivity contribution in [2.24, 2.45) is 5.92 Å². The van der Waals surface area contributed by atoms with Crippen LogP contribution in [0.5, 0.6) is 0 Å². The Balaban J connectivity index is 1.69. The van der Waals surface area contributed by atoms with Gasteiger partial charge in [0.15, 0.2) is 0 Å². The fourth-order valence-corrected chi connectivity index (χ4v) is 2.88. The highest BCUT2D eigenvalue weighted by atomic mass is 15.2. The topological polar surface area (TPSA) is 15.3 Å². The van der Waals surface area contributed by atoms with E-state index in [4.69, 9.17) is 0 Å². The molecule has 3 fully saturated rings. The smallest absolute Gasteiger partial charge is 0.0417 e. The minimum Gasteiger partial charge on any atom is -0.381 e. The Morgan fingerprint density at radius 2 is 1.80 bits per heavy atom. The predicted molar refractivity (Wildman–Crippen MR) is 63.0 cm³/mol. The van der Waals surface area contributed by atoms with E-state index in [-0.39, 0.29) is 0 Å². The SMILES string of the molecule is c1ccc(N[C@H]2CN3CCC2CC3)cc1. The molecule has 0 aromatic heterocycles. The first-order chi connectivity index (χ1) is 7.42. The van der Waals surface area contributed by atoms with Crippen molar-refractivity contribution in [3.8, 4) is 0 Å². The van der Waals surface area contributed by atoms with E-state index in [0.717, 1.165) is 5.92 Å². The van der Waals surface area contributed by atoms with Crippen molar-refractivity contribution in [2.45, 2.75) is 18.9 Å². The molecule has 1 aromatic rings. The lowest BCUT2D eigenvalue weighted by Gasteiger charge is -2.45. The first kappa shape index (κ1) is 9.22. The number of rotatable bonds is 2. The summed E-state index contributed by atoms with van der Waals surface area (Å²) < 4.78 is 0. The largest absolute Gasteiger partial charge is 0.381 e. The first-order valence-electron chi connectivity index (χ1n) is 5.96. The Morgan fingerprint density at radius 3 is 2.40 bits per heavy atom. The fraction of sp³-hybridized carbons (Fsp3) is 0.538. The van der Waals surface area contributed by atoms with Crippen LogP contribution in [0.4, 0.5) is 5.69 Å². The summed E-state index contributed by atoms with van der Waals surface area (Å²) in [5.41, 5.74) is 1.27. The molecule has 1 aromatic carbocycles. The molecule has 4 rings (SSSR count). The van der Waals surface area contributed by atoms with E-state index < -0.39 is 0 Å². The van der Waals surface area contributed by atoms with Crippen LogP contribution in [-0.2, 0) is 0 Å². The highest BCUT2D eigenvalue weighted by Gasteiger charge is 2.33. The van der Waals surface area contributed by atoms with Gasteiger partial charge in [-0.3, -0.25) is 0 Å². The summed E-state index contributed by atoms with van der Waals surface area (Å²) in [7, 11) is 0. The van der Waals surface area contributed by atoms with Crippen LogP contribution in [-0.4, -0.2) is 30.6 Å². The molecule has 0 saturated carbocycles. The normalized spacial score (nSPS) is 34.0. The van der Waals surface area contributed by atoms with E-state index in [1.165, 1.54) is 38.2 Å². The molecule has 1 atom stereocenters. The number of benzene rings is 1. The first-order valence-corrected chi connectivity index (χ1v) is 5.96. The van der Waals surface area contributed by atoms with E-state index >= 15 is 0 Å². The van der Waals surface area contributed by atoms with Gasteiger partial charge in [0.25, 0.3) is 0 Å². The maximum atomic E-state index is 3.67. The molecule has 3 aliphatic rings. The molecule has 2 bridgehead atoms. The Morgan fingerprint density at radius 1 is 1.07 bits per heavy atom. The van der Waals surface area contributed by atoms with Gasteiger partial charge < -0.3 is 10.2 Å². The number of anilines is 1. The van der Waals surface area contributed by atoms with Gasteiger partial charge in [0.2, 0.25) is 0 Å². The number of nitrogens with one attached hydrogen (secondary N) is 1. The Labute approximate surface area is 91.3 Å². The van der Waals surface area contributed by atoms with Gasteiger partial charge in [-0.15, -0.1) is 0 Å². The average molecular weight is 202 g/mol. The Hall–Kier alpha value is -1.02. The third kappa shape index (κ3) is 1.86. The predicted octanol–water partition coefficient (Wildman–Crippen LogP) is 2.19. The minimum atomic E-state index is 0.676. The van der Waals surface area contributed by atoms with Crippen LogP contribution in [0.25, 0.3) is 0 Å². The zero-order valence-corrected chi connectivity index (χ0v) is 9.02. The minimum absolute atomic E-state index is 0.676. The van der Waals surface area contributed by atoms with Crippen LogP contribution in [0, 0.1) is 5.92 Å². The number of fused-ring (bicyclic) bond motifs is 3. The monoisotopic (exact) mass is 202 g/mol. The molecule has 0 spiro atoms. The second-order valence-electron chi connectivity index (χ2n) is 4.75. The number of piperidine rings is 3. The van der Waals surface area contributed by atoms with Gasteiger partial charge in [0.05, 0.1) is 0 Å². The summed E-state index contributed by atoms with van der Waals surface area (Å²) in [5.74, 6) is 0.898. The second-order valence-corrected chi connectivity index (χ2v) is 4.75. The van der Waals surface area contributed by atoms with Crippen molar-refractivity contribution in [3.63, 3.8) is 0 Å². The van der Waals surface area contributed by atoms with Crippen molar-refractivity contribution in [2.75, 3.05) is 25.0 Å². The molecule has 2 nitrogen and oxygen atoms in total. The number of hydrogen-bond acceptors (Lipinski definition) is 2. The highest BCUT2D eigenvalue weighted by molar-refractivity contribution is 5.43.